The van der Waals surface area contributed by atoms with Crippen LogP contribution in [0.4, 0.5) is 5.69 Å². The Bertz CT molecular complexity index is 812. The van der Waals surface area contributed by atoms with E-state index in [0.29, 0.717) is 25.9 Å². The predicted octanol–water partition coefficient (Wildman–Crippen LogP) is 3.01. The monoisotopic (exact) mass is 334 g/mol. The molecule has 2 aromatic carbocycles. The lowest BCUT2D eigenvalue weighted by molar-refractivity contribution is -0.143. The highest BCUT2D eigenvalue weighted by Gasteiger charge is 2.59. The molecule has 1 fully saturated rings. The van der Waals surface area contributed by atoms with Gasteiger partial charge in [0, 0.05) is 25.8 Å². The van der Waals surface area contributed by atoms with Gasteiger partial charge < -0.3 is 9.80 Å². The molecule has 0 saturated heterocycles. The average Bonchev–Trinajstić information content (AvgIpc) is 3.48. The largest absolute Gasteiger partial charge is 0.337 e. The molecule has 0 aromatic heterocycles. The number of carbonyl (C=O) groups is 2. The molecule has 0 N–H and O–H groups in total. The van der Waals surface area contributed by atoms with Crippen molar-refractivity contribution in [2.75, 3.05) is 18.5 Å². The van der Waals surface area contributed by atoms with Crippen LogP contribution in [0.1, 0.15) is 24.0 Å². The van der Waals surface area contributed by atoms with Gasteiger partial charge in [0.1, 0.15) is 5.41 Å². The minimum atomic E-state index is -0.850. The molecule has 1 heterocycles. The number of hydrogen-bond acceptors (Lipinski definition) is 2. The van der Waals surface area contributed by atoms with Crippen LogP contribution in [-0.4, -0.2) is 30.3 Å². The maximum absolute atomic E-state index is 13.1. The van der Waals surface area contributed by atoms with Gasteiger partial charge in [-0.15, -0.1) is 0 Å². The molecule has 4 heteroatoms. The van der Waals surface area contributed by atoms with Gasteiger partial charge in [0.05, 0.1) is 0 Å². The number of fused-ring (bicyclic) bond motifs is 1. The fourth-order valence-corrected chi connectivity index (χ4v) is 3.71. The van der Waals surface area contributed by atoms with E-state index in [4.69, 9.17) is 0 Å². The van der Waals surface area contributed by atoms with Crippen molar-refractivity contribution in [1.82, 2.24) is 4.90 Å². The molecule has 128 valence electrons. The van der Waals surface area contributed by atoms with Crippen molar-refractivity contribution in [3.8, 4) is 0 Å². The summed E-state index contributed by atoms with van der Waals surface area (Å²) in [7, 11) is 1.76. The number of carbonyl (C=O) groups excluding carboxylic acids is 2. The first-order chi connectivity index (χ1) is 12.1. The third kappa shape index (κ3) is 2.72. The zero-order chi connectivity index (χ0) is 17.4. The maximum atomic E-state index is 13.1. The summed E-state index contributed by atoms with van der Waals surface area (Å²) in [6, 6.07) is 17.8. The molecular weight excluding hydrogens is 312 g/mol. The van der Waals surface area contributed by atoms with Gasteiger partial charge in [-0.2, -0.15) is 0 Å². The van der Waals surface area contributed by atoms with Crippen LogP contribution < -0.4 is 4.90 Å². The van der Waals surface area contributed by atoms with E-state index in [9.17, 15) is 9.59 Å². The summed E-state index contributed by atoms with van der Waals surface area (Å²) in [5.41, 5.74) is 2.48. The number of para-hydroxylation sites is 1. The van der Waals surface area contributed by atoms with E-state index in [-0.39, 0.29) is 11.8 Å². The average molecular weight is 334 g/mol. The third-order valence-corrected chi connectivity index (χ3v) is 5.43. The second-order valence-corrected chi connectivity index (χ2v) is 7.03. The number of benzene rings is 2. The van der Waals surface area contributed by atoms with E-state index in [0.717, 1.165) is 12.1 Å². The Balaban J connectivity index is 1.53. The summed E-state index contributed by atoms with van der Waals surface area (Å²) in [6.45, 7) is 1.30. The Morgan fingerprint density at radius 3 is 2.28 bits per heavy atom. The maximum Gasteiger partial charge on any atom is 0.242 e. The standard InChI is InChI=1S/C21H22N2O2/c1-22(18-9-3-2-4-10-18)19(24)21(12-13-21)20(25)23-14-11-16-7-5-6-8-17(16)15-23/h2-10H,11-15H2,1H3. The molecule has 0 unspecified atom stereocenters. The molecule has 1 aliphatic carbocycles. The van der Waals surface area contributed by atoms with Gasteiger partial charge in [0.2, 0.25) is 11.8 Å². The Labute approximate surface area is 148 Å². The number of hydrogen-bond donors (Lipinski definition) is 0. The predicted molar refractivity (Wildman–Crippen MR) is 97.1 cm³/mol. The Hall–Kier alpha value is -2.62. The van der Waals surface area contributed by atoms with Crippen LogP contribution in [0, 0.1) is 5.41 Å². The number of rotatable bonds is 3. The highest BCUT2D eigenvalue weighted by Crippen LogP contribution is 2.49. The Kier molecular flexibility index (Phi) is 3.83. The molecule has 2 amide bonds. The zero-order valence-corrected chi connectivity index (χ0v) is 14.4. The summed E-state index contributed by atoms with van der Waals surface area (Å²) in [4.78, 5) is 29.7. The lowest BCUT2D eigenvalue weighted by atomic mass is 9.96. The van der Waals surface area contributed by atoms with Gasteiger partial charge in [-0.05, 0) is 42.5 Å². The van der Waals surface area contributed by atoms with Crippen LogP contribution in [0.15, 0.2) is 54.6 Å². The third-order valence-electron chi connectivity index (χ3n) is 5.43. The molecular formula is C21H22N2O2. The van der Waals surface area contributed by atoms with Crippen molar-refractivity contribution in [3.05, 3.63) is 65.7 Å². The molecule has 1 aliphatic heterocycles. The zero-order valence-electron chi connectivity index (χ0n) is 14.4. The lowest BCUT2D eigenvalue weighted by Gasteiger charge is -2.33. The van der Waals surface area contributed by atoms with E-state index >= 15 is 0 Å². The minimum absolute atomic E-state index is 0.00483. The molecule has 0 radical (unpaired) electrons. The summed E-state index contributed by atoms with van der Waals surface area (Å²) in [6.07, 6.45) is 2.17. The van der Waals surface area contributed by atoms with E-state index in [1.54, 1.807) is 11.9 Å². The van der Waals surface area contributed by atoms with Crippen molar-refractivity contribution >= 4 is 17.5 Å². The van der Waals surface area contributed by atoms with Gasteiger partial charge >= 0.3 is 0 Å². The minimum Gasteiger partial charge on any atom is -0.337 e. The van der Waals surface area contributed by atoms with Gasteiger partial charge in [-0.25, -0.2) is 0 Å². The topological polar surface area (TPSA) is 40.6 Å². The van der Waals surface area contributed by atoms with Crippen molar-refractivity contribution in [2.24, 2.45) is 5.41 Å². The van der Waals surface area contributed by atoms with Gasteiger partial charge in [0.25, 0.3) is 0 Å². The summed E-state index contributed by atoms with van der Waals surface area (Å²) >= 11 is 0. The fraction of sp³-hybridized carbons (Fsp3) is 0.333. The number of anilines is 1. The molecule has 25 heavy (non-hydrogen) atoms. The van der Waals surface area contributed by atoms with Crippen molar-refractivity contribution in [1.29, 1.82) is 0 Å². The first-order valence-corrected chi connectivity index (χ1v) is 8.81. The van der Waals surface area contributed by atoms with Crippen molar-refractivity contribution < 1.29 is 9.59 Å². The first-order valence-electron chi connectivity index (χ1n) is 8.81. The molecule has 1 saturated carbocycles. The highest BCUT2D eigenvalue weighted by molar-refractivity contribution is 6.13. The summed E-state index contributed by atoms with van der Waals surface area (Å²) in [5.74, 6) is -0.0858. The molecule has 0 bridgehead atoms. The summed E-state index contributed by atoms with van der Waals surface area (Å²) < 4.78 is 0. The Morgan fingerprint density at radius 2 is 1.60 bits per heavy atom. The van der Waals surface area contributed by atoms with Crippen LogP contribution in [0.3, 0.4) is 0 Å². The van der Waals surface area contributed by atoms with Crippen LogP contribution in [-0.2, 0) is 22.6 Å². The van der Waals surface area contributed by atoms with Crippen LogP contribution >= 0.6 is 0 Å². The van der Waals surface area contributed by atoms with Gasteiger partial charge in [-0.1, -0.05) is 42.5 Å². The molecule has 4 nitrogen and oxygen atoms in total. The normalized spacial score (nSPS) is 17.6. The molecule has 4 rings (SSSR count). The van der Waals surface area contributed by atoms with Crippen LogP contribution in [0.2, 0.25) is 0 Å². The van der Waals surface area contributed by atoms with Gasteiger partial charge in [-0.3, -0.25) is 9.59 Å². The quantitative estimate of drug-likeness (QED) is 0.810. The number of amides is 2. The Morgan fingerprint density at radius 1 is 0.960 bits per heavy atom. The van der Waals surface area contributed by atoms with E-state index in [1.807, 2.05) is 47.4 Å². The van der Waals surface area contributed by atoms with Crippen LogP contribution in [0.25, 0.3) is 0 Å². The first kappa shape index (κ1) is 15.9. The second-order valence-electron chi connectivity index (χ2n) is 7.03. The SMILES string of the molecule is CN(C(=O)C1(C(=O)N2CCc3ccccc3C2)CC1)c1ccccc1. The lowest BCUT2D eigenvalue weighted by Crippen LogP contribution is -2.47. The second kappa shape index (κ2) is 6.03. The molecule has 2 aromatic rings. The van der Waals surface area contributed by atoms with Crippen molar-refractivity contribution in [3.63, 3.8) is 0 Å². The van der Waals surface area contributed by atoms with Gasteiger partial charge in [0.15, 0.2) is 0 Å². The fourth-order valence-electron chi connectivity index (χ4n) is 3.71. The van der Waals surface area contributed by atoms with Crippen LogP contribution in [0.5, 0.6) is 0 Å². The molecule has 0 spiro atoms. The van der Waals surface area contributed by atoms with E-state index in [2.05, 4.69) is 12.1 Å². The molecule has 0 atom stereocenters. The summed E-state index contributed by atoms with van der Waals surface area (Å²) in [5, 5.41) is 0. The van der Waals surface area contributed by atoms with E-state index < -0.39 is 5.41 Å². The van der Waals surface area contributed by atoms with Crippen molar-refractivity contribution in [2.45, 2.75) is 25.8 Å². The molecule has 2 aliphatic rings. The van der Waals surface area contributed by atoms with E-state index in [1.165, 1.54) is 11.1 Å². The smallest absolute Gasteiger partial charge is 0.242 e. The highest BCUT2D eigenvalue weighted by atomic mass is 16.2. The number of nitrogens with zero attached hydrogens (tertiary/aromatic N) is 2.